The van der Waals surface area contributed by atoms with Crippen LogP contribution in [0.15, 0.2) is 77.7 Å². The van der Waals surface area contributed by atoms with Crippen LogP contribution in [0.1, 0.15) is 26.3 Å². The zero-order valence-corrected chi connectivity index (χ0v) is 22.7. The summed E-state index contributed by atoms with van der Waals surface area (Å²) >= 11 is 6.34. The van der Waals surface area contributed by atoms with Crippen LogP contribution in [-0.4, -0.2) is 38.3 Å². The van der Waals surface area contributed by atoms with Crippen LogP contribution in [-0.2, 0) is 21.2 Å². The van der Waals surface area contributed by atoms with Crippen LogP contribution >= 0.6 is 11.6 Å². The van der Waals surface area contributed by atoms with Gasteiger partial charge in [0.05, 0.1) is 23.3 Å². The summed E-state index contributed by atoms with van der Waals surface area (Å²) in [6, 6.07) is 21.4. The number of hydrogen-bond donors (Lipinski definition) is 1. The maximum atomic E-state index is 13.2. The Labute approximate surface area is 222 Å². The van der Waals surface area contributed by atoms with Crippen LogP contribution in [0.25, 0.3) is 22.2 Å². The lowest BCUT2D eigenvalue weighted by Gasteiger charge is -2.21. The van der Waals surface area contributed by atoms with E-state index in [1.54, 1.807) is 33.9 Å². The van der Waals surface area contributed by atoms with Crippen molar-refractivity contribution in [3.05, 3.63) is 83.4 Å². The summed E-state index contributed by atoms with van der Waals surface area (Å²) < 4.78 is 41.4. The maximum absolute atomic E-state index is 13.2. The van der Waals surface area contributed by atoms with Gasteiger partial charge in [-0.25, -0.2) is 22.5 Å². The molecule has 1 heterocycles. The molecule has 4 rings (SSSR count). The van der Waals surface area contributed by atoms with Crippen molar-refractivity contribution >= 4 is 38.6 Å². The van der Waals surface area contributed by atoms with Crippen LogP contribution in [0.5, 0.6) is 5.75 Å². The van der Waals surface area contributed by atoms with Gasteiger partial charge in [-0.1, -0.05) is 48.0 Å². The average molecular weight is 541 g/mol. The van der Waals surface area contributed by atoms with Crippen molar-refractivity contribution in [3.63, 3.8) is 0 Å². The Balaban J connectivity index is 1.67. The van der Waals surface area contributed by atoms with Crippen LogP contribution in [0, 0.1) is 0 Å². The molecule has 0 amide bonds. The van der Waals surface area contributed by atoms with E-state index in [-0.39, 0.29) is 16.5 Å². The van der Waals surface area contributed by atoms with E-state index >= 15 is 0 Å². The summed E-state index contributed by atoms with van der Waals surface area (Å²) in [4.78, 5) is 13.1. The van der Waals surface area contributed by atoms with E-state index in [1.807, 2.05) is 54.6 Å². The molecule has 194 valence electrons. The Kier molecular flexibility index (Phi) is 7.64. The lowest BCUT2D eigenvalue weighted by Crippen LogP contribution is -2.27. The van der Waals surface area contributed by atoms with Crippen molar-refractivity contribution in [2.45, 2.75) is 37.7 Å². The first-order valence-electron chi connectivity index (χ1n) is 11.7. The fraction of sp³-hybridized carbons (Fsp3) is 0.250. The van der Waals surface area contributed by atoms with Crippen molar-refractivity contribution < 1.29 is 22.7 Å². The van der Waals surface area contributed by atoms with E-state index in [1.165, 1.54) is 16.7 Å². The average Bonchev–Trinajstić information content (AvgIpc) is 3.23. The van der Waals surface area contributed by atoms with Gasteiger partial charge in [-0.2, -0.15) is 0 Å². The molecule has 9 heteroatoms. The minimum Gasteiger partial charge on any atom is -0.497 e. The lowest BCUT2D eigenvalue weighted by atomic mass is 10.1. The van der Waals surface area contributed by atoms with Crippen LogP contribution in [0.3, 0.4) is 0 Å². The third-order valence-corrected chi connectivity index (χ3v) is 7.59. The van der Waals surface area contributed by atoms with Crippen LogP contribution in [0.4, 0.5) is 4.79 Å². The van der Waals surface area contributed by atoms with Crippen molar-refractivity contribution in [2.75, 3.05) is 13.7 Å². The minimum absolute atomic E-state index is 0.0710. The van der Waals surface area contributed by atoms with Crippen LogP contribution < -0.4 is 9.46 Å². The molecule has 0 aliphatic rings. The number of hydrogen-bond acceptors (Lipinski definition) is 5. The molecule has 0 aliphatic heterocycles. The monoisotopic (exact) mass is 540 g/mol. The Morgan fingerprint density at radius 3 is 2.49 bits per heavy atom. The van der Waals surface area contributed by atoms with Gasteiger partial charge in [0.2, 0.25) is 10.0 Å². The second-order valence-electron chi connectivity index (χ2n) is 9.55. The molecule has 7 nitrogen and oxygen atoms in total. The van der Waals surface area contributed by atoms with E-state index in [9.17, 15) is 13.2 Å². The highest BCUT2D eigenvalue weighted by Crippen LogP contribution is 2.33. The molecule has 0 radical (unpaired) electrons. The van der Waals surface area contributed by atoms with Gasteiger partial charge in [0.1, 0.15) is 16.2 Å². The smallest absolute Gasteiger partial charge is 0.419 e. The van der Waals surface area contributed by atoms with Crippen molar-refractivity contribution in [1.29, 1.82) is 0 Å². The van der Waals surface area contributed by atoms with E-state index in [0.717, 1.165) is 10.9 Å². The number of carbonyl (C=O) groups excluding carboxylic acids is 1. The van der Waals surface area contributed by atoms with Crippen LogP contribution in [0.2, 0.25) is 5.02 Å². The molecule has 0 saturated heterocycles. The number of sulfonamides is 1. The Bertz CT molecular complexity index is 1550. The van der Waals surface area contributed by atoms with E-state index < -0.39 is 21.7 Å². The first kappa shape index (κ1) is 26.7. The van der Waals surface area contributed by atoms with Gasteiger partial charge in [0.15, 0.2) is 0 Å². The Morgan fingerprint density at radius 1 is 1.00 bits per heavy atom. The van der Waals surface area contributed by atoms with Gasteiger partial charge < -0.3 is 9.47 Å². The molecule has 0 aliphatic carbocycles. The summed E-state index contributed by atoms with van der Waals surface area (Å²) in [7, 11) is -2.36. The van der Waals surface area contributed by atoms with Crippen molar-refractivity contribution in [2.24, 2.45) is 0 Å². The summed E-state index contributed by atoms with van der Waals surface area (Å²) in [5, 5.41) is 0.900. The molecule has 0 saturated carbocycles. The molecular formula is C28H29ClN2O5S. The normalized spacial score (nSPS) is 12.0. The van der Waals surface area contributed by atoms with E-state index in [2.05, 4.69) is 4.72 Å². The molecule has 0 atom stereocenters. The molecule has 3 aromatic carbocycles. The molecule has 0 bridgehead atoms. The molecule has 1 aromatic heterocycles. The van der Waals surface area contributed by atoms with Gasteiger partial charge in [0, 0.05) is 17.5 Å². The highest BCUT2D eigenvalue weighted by molar-refractivity contribution is 7.89. The number of fused-ring (bicyclic) bond motifs is 1. The molecule has 0 spiro atoms. The number of para-hydroxylation sites is 1. The molecule has 1 N–H and O–H groups in total. The quantitative estimate of drug-likeness (QED) is 0.298. The number of halogens is 1. The van der Waals surface area contributed by atoms with Crippen molar-refractivity contribution in [1.82, 2.24) is 9.29 Å². The summed E-state index contributed by atoms with van der Waals surface area (Å²) in [6.45, 7) is 5.55. The highest BCUT2D eigenvalue weighted by Gasteiger charge is 2.25. The molecule has 0 unspecified atom stereocenters. The predicted octanol–water partition coefficient (Wildman–Crippen LogP) is 6.27. The first-order chi connectivity index (χ1) is 17.5. The fourth-order valence-electron chi connectivity index (χ4n) is 3.98. The van der Waals surface area contributed by atoms with E-state index in [4.69, 9.17) is 21.1 Å². The molecule has 4 aromatic rings. The molecule has 0 fully saturated rings. The number of rotatable bonds is 7. The van der Waals surface area contributed by atoms with Gasteiger partial charge in [-0.05, 0) is 69.2 Å². The lowest BCUT2D eigenvalue weighted by molar-refractivity contribution is 0.0547. The third kappa shape index (κ3) is 6.15. The maximum Gasteiger partial charge on any atom is 0.419 e. The number of nitrogens with one attached hydrogen (secondary N) is 1. The molecule has 37 heavy (non-hydrogen) atoms. The minimum atomic E-state index is -3.94. The number of methoxy groups -OCH3 is 1. The number of nitrogens with zero attached hydrogens (tertiary/aromatic N) is 1. The van der Waals surface area contributed by atoms with Gasteiger partial charge >= 0.3 is 6.09 Å². The second kappa shape index (κ2) is 10.6. The van der Waals surface area contributed by atoms with E-state index in [0.29, 0.717) is 28.9 Å². The highest BCUT2D eigenvalue weighted by atomic mass is 35.5. The Hall–Kier alpha value is -3.33. The summed E-state index contributed by atoms with van der Waals surface area (Å²) in [5.41, 5.74) is 1.90. The summed E-state index contributed by atoms with van der Waals surface area (Å²) in [5.74, 6) is 0.705. The standard InChI is InChI=1S/C28H29ClN2O5S/c1-28(2,3)36-27(32)31-24-11-6-5-9-20(24)17-25(31)21-12-13-23(29)26(18-21)37(33,34)30-15-14-19-8-7-10-22(16-19)35-4/h5-13,16-18,30H,14-15H2,1-4H3. The largest absolute Gasteiger partial charge is 0.497 e. The third-order valence-electron chi connectivity index (χ3n) is 5.64. The number of aromatic nitrogens is 1. The van der Waals surface area contributed by atoms with Gasteiger partial charge in [-0.15, -0.1) is 0 Å². The predicted molar refractivity (Wildman–Crippen MR) is 146 cm³/mol. The zero-order chi connectivity index (χ0) is 26.8. The van der Waals surface area contributed by atoms with Crippen molar-refractivity contribution in [3.8, 4) is 17.0 Å². The second-order valence-corrected chi connectivity index (χ2v) is 11.7. The topological polar surface area (TPSA) is 86.6 Å². The molecular weight excluding hydrogens is 512 g/mol. The van der Waals surface area contributed by atoms with Gasteiger partial charge in [0.25, 0.3) is 0 Å². The SMILES string of the molecule is COc1cccc(CCNS(=O)(=O)c2cc(-c3cc4ccccc4n3C(=O)OC(C)(C)C)ccc2Cl)c1. The number of ether oxygens (including phenoxy) is 2. The fourth-order valence-corrected chi connectivity index (χ4v) is 5.53. The zero-order valence-electron chi connectivity index (χ0n) is 21.1. The number of benzene rings is 3. The summed E-state index contributed by atoms with van der Waals surface area (Å²) in [6.07, 6.45) is -0.0832. The van der Waals surface area contributed by atoms with Gasteiger partial charge in [-0.3, -0.25) is 0 Å². The number of carbonyl (C=O) groups is 1. The first-order valence-corrected chi connectivity index (χ1v) is 13.6. The Morgan fingerprint density at radius 2 is 1.76 bits per heavy atom.